The minimum absolute atomic E-state index is 0.128. The fraction of sp³-hybridized carbons (Fsp3) is 0.500. The topological polar surface area (TPSA) is 97.0 Å². The number of anilines is 2. The standard InChI is InChI=1S/C14H21N3O5S/c1-3-21-14(18)15-12-4-6-13(7-5-12)16-23(19,20)17-8-9-22-11(2)10-17/h4-7,11,16H,3,8-10H2,1-2H3,(H,15,18)/t11-/m1/s1. The van der Waals surface area contributed by atoms with Crippen molar-refractivity contribution < 1.29 is 22.7 Å². The van der Waals surface area contributed by atoms with Crippen molar-refractivity contribution in [2.75, 3.05) is 36.3 Å². The predicted molar refractivity (Wildman–Crippen MR) is 86.6 cm³/mol. The van der Waals surface area contributed by atoms with E-state index in [1.54, 1.807) is 31.2 Å². The largest absolute Gasteiger partial charge is 0.450 e. The lowest BCUT2D eigenvalue weighted by Gasteiger charge is -2.30. The molecular weight excluding hydrogens is 322 g/mol. The Labute approximate surface area is 135 Å². The smallest absolute Gasteiger partial charge is 0.411 e. The van der Waals surface area contributed by atoms with Gasteiger partial charge in [0.25, 0.3) is 0 Å². The summed E-state index contributed by atoms with van der Waals surface area (Å²) in [5.74, 6) is 0. The highest BCUT2D eigenvalue weighted by atomic mass is 32.2. The van der Waals surface area contributed by atoms with Crippen molar-refractivity contribution in [3.05, 3.63) is 24.3 Å². The van der Waals surface area contributed by atoms with Crippen LogP contribution in [-0.2, 0) is 19.7 Å². The van der Waals surface area contributed by atoms with Crippen LogP contribution in [0.4, 0.5) is 16.2 Å². The zero-order valence-corrected chi connectivity index (χ0v) is 13.9. The molecule has 0 radical (unpaired) electrons. The molecule has 0 aliphatic carbocycles. The average molecular weight is 343 g/mol. The number of carbonyl (C=O) groups excluding carboxylic acids is 1. The second-order valence-electron chi connectivity index (χ2n) is 5.07. The molecule has 0 saturated carbocycles. The molecule has 1 saturated heterocycles. The summed E-state index contributed by atoms with van der Waals surface area (Å²) in [4.78, 5) is 11.3. The number of hydrogen-bond donors (Lipinski definition) is 2. The highest BCUT2D eigenvalue weighted by molar-refractivity contribution is 7.90. The molecule has 8 nitrogen and oxygen atoms in total. The molecule has 0 aromatic heterocycles. The zero-order chi connectivity index (χ0) is 16.9. The van der Waals surface area contributed by atoms with Crippen LogP contribution in [0.15, 0.2) is 24.3 Å². The van der Waals surface area contributed by atoms with Crippen LogP contribution < -0.4 is 10.0 Å². The number of amides is 1. The van der Waals surface area contributed by atoms with Crippen LogP contribution in [0.3, 0.4) is 0 Å². The second kappa shape index (κ2) is 7.62. The van der Waals surface area contributed by atoms with Gasteiger partial charge in [0.2, 0.25) is 0 Å². The monoisotopic (exact) mass is 343 g/mol. The van der Waals surface area contributed by atoms with Crippen molar-refractivity contribution >= 4 is 27.7 Å². The average Bonchev–Trinajstić information content (AvgIpc) is 2.49. The molecule has 0 bridgehead atoms. The summed E-state index contributed by atoms with van der Waals surface area (Å²) in [6.07, 6.45) is -0.681. The molecule has 23 heavy (non-hydrogen) atoms. The number of nitrogens with zero attached hydrogens (tertiary/aromatic N) is 1. The van der Waals surface area contributed by atoms with E-state index in [9.17, 15) is 13.2 Å². The van der Waals surface area contributed by atoms with Gasteiger partial charge in [-0.2, -0.15) is 12.7 Å². The van der Waals surface area contributed by atoms with Gasteiger partial charge in [0.1, 0.15) is 0 Å². The fourth-order valence-electron chi connectivity index (χ4n) is 2.12. The Kier molecular flexibility index (Phi) is 5.80. The van der Waals surface area contributed by atoms with Gasteiger partial charge in [0.15, 0.2) is 0 Å². The number of benzene rings is 1. The van der Waals surface area contributed by atoms with Crippen LogP contribution in [-0.4, -0.2) is 51.2 Å². The molecule has 1 fully saturated rings. The van der Waals surface area contributed by atoms with Gasteiger partial charge in [-0.15, -0.1) is 0 Å². The number of rotatable bonds is 5. The molecule has 2 N–H and O–H groups in total. The van der Waals surface area contributed by atoms with Crippen molar-refractivity contribution in [3.8, 4) is 0 Å². The number of hydrogen-bond acceptors (Lipinski definition) is 5. The molecule has 1 aromatic carbocycles. The van der Waals surface area contributed by atoms with Gasteiger partial charge in [-0.3, -0.25) is 10.0 Å². The summed E-state index contributed by atoms with van der Waals surface area (Å²) in [5.41, 5.74) is 0.935. The minimum atomic E-state index is -3.62. The maximum Gasteiger partial charge on any atom is 0.411 e. The number of morpholine rings is 1. The van der Waals surface area contributed by atoms with E-state index in [2.05, 4.69) is 10.0 Å². The highest BCUT2D eigenvalue weighted by Crippen LogP contribution is 2.17. The predicted octanol–water partition coefficient (Wildman–Crippen LogP) is 1.63. The maximum atomic E-state index is 12.3. The lowest BCUT2D eigenvalue weighted by molar-refractivity contribution is 0.0104. The number of carbonyl (C=O) groups is 1. The van der Waals surface area contributed by atoms with Crippen LogP contribution in [0, 0.1) is 0 Å². The van der Waals surface area contributed by atoms with E-state index < -0.39 is 16.3 Å². The number of ether oxygens (including phenoxy) is 2. The van der Waals surface area contributed by atoms with E-state index in [0.717, 1.165) is 0 Å². The molecule has 1 aromatic rings. The molecular formula is C14H21N3O5S. The van der Waals surface area contributed by atoms with E-state index >= 15 is 0 Å². The van der Waals surface area contributed by atoms with Crippen LogP contribution in [0.1, 0.15) is 13.8 Å². The molecule has 1 aliphatic heterocycles. The summed E-state index contributed by atoms with van der Waals surface area (Å²) < 4.78 is 38.6. The van der Waals surface area contributed by atoms with E-state index in [-0.39, 0.29) is 12.7 Å². The Bertz CT molecular complexity index is 632. The van der Waals surface area contributed by atoms with Crippen molar-refractivity contribution in [1.82, 2.24) is 4.31 Å². The third-order valence-electron chi connectivity index (χ3n) is 3.20. The summed E-state index contributed by atoms with van der Waals surface area (Å²) in [6.45, 7) is 4.84. The molecule has 0 spiro atoms. The van der Waals surface area contributed by atoms with E-state index in [1.165, 1.54) is 4.31 Å². The van der Waals surface area contributed by atoms with Gasteiger partial charge in [0.05, 0.1) is 19.3 Å². The highest BCUT2D eigenvalue weighted by Gasteiger charge is 2.27. The first-order valence-corrected chi connectivity index (χ1v) is 8.78. The second-order valence-corrected chi connectivity index (χ2v) is 6.74. The summed E-state index contributed by atoms with van der Waals surface area (Å²) in [7, 11) is -3.62. The van der Waals surface area contributed by atoms with Gasteiger partial charge >= 0.3 is 16.3 Å². The Morgan fingerprint density at radius 2 is 2.00 bits per heavy atom. The summed E-state index contributed by atoms with van der Waals surface area (Å²) in [5, 5.41) is 2.54. The fourth-order valence-corrected chi connectivity index (χ4v) is 3.41. The van der Waals surface area contributed by atoms with Gasteiger partial charge in [-0.05, 0) is 38.1 Å². The van der Waals surface area contributed by atoms with Crippen molar-refractivity contribution in [2.24, 2.45) is 0 Å². The molecule has 1 aliphatic rings. The maximum absolute atomic E-state index is 12.3. The minimum Gasteiger partial charge on any atom is -0.450 e. The van der Waals surface area contributed by atoms with Crippen LogP contribution in [0.25, 0.3) is 0 Å². The zero-order valence-electron chi connectivity index (χ0n) is 13.1. The molecule has 2 rings (SSSR count). The first-order chi connectivity index (χ1) is 10.9. The molecule has 0 unspecified atom stereocenters. The Morgan fingerprint density at radius 1 is 1.35 bits per heavy atom. The van der Waals surface area contributed by atoms with Gasteiger partial charge in [-0.25, -0.2) is 4.79 Å². The first kappa shape index (κ1) is 17.5. The molecule has 1 heterocycles. The van der Waals surface area contributed by atoms with Crippen LogP contribution >= 0.6 is 0 Å². The van der Waals surface area contributed by atoms with Crippen LogP contribution in [0.2, 0.25) is 0 Å². The molecule has 9 heteroatoms. The van der Waals surface area contributed by atoms with Gasteiger partial charge in [0, 0.05) is 24.5 Å². The lowest BCUT2D eigenvalue weighted by atomic mass is 10.3. The quantitative estimate of drug-likeness (QED) is 0.847. The molecule has 128 valence electrons. The van der Waals surface area contributed by atoms with Crippen LogP contribution in [0.5, 0.6) is 0 Å². The van der Waals surface area contributed by atoms with Crippen molar-refractivity contribution in [3.63, 3.8) is 0 Å². The number of nitrogens with one attached hydrogen (secondary N) is 2. The lowest BCUT2D eigenvalue weighted by Crippen LogP contribution is -2.46. The Balaban J connectivity index is 1.98. The van der Waals surface area contributed by atoms with E-state index in [0.29, 0.717) is 31.1 Å². The van der Waals surface area contributed by atoms with Crippen molar-refractivity contribution in [2.45, 2.75) is 20.0 Å². The van der Waals surface area contributed by atoms with Gasteiger partial charge < -0.3 is 9.47 Å². The van der Waals surface area contributed by atoms with E-state index in [1.807, 2.05) is 6.92 Å². The van der Waals surface area contributed by atoms with Crippen molar-refractivity contribution in [1.29, 1.82) is 0 Å². The summed E-state index contributed by atoms with van der Waals surface area (Å²) >= 11 is 0. The normalized spacial score (nSPS) is 19.1. The molecule has 1 amide bonds. The van der Waals surface area contributed by atoms with E-state index in [4.69, 9.17) is 9.47 Å². The first-order valence-electron chi connectivity index (χ1n) is 7.34. The van der Waals surface area contributed by atoms with Gasteiger partial charge in [-0.1, -0.05) is 0 Å². The molecule has 1 atom stereocenters. The SMILES string of the molecule is CCOC(=O)Nc1ccc(NS(=O)(=O)N2CCO[C@H](C)C2)cc1. The Hall–Kier alpha value is -1.84. The third kappa shape index (κ3) is 5.08. The summed E-state index contributed by atoms with van der Waals surface area (Å²) in [6, 6.07) is 6.33. The third-order valence-corrected chi connectivity index (χ3v) is 4.70. The Morgan fingerprint density at radius 3 is 2.61 bits per heavy atom.